The van der Waals surface area contributed by atoms with Gasteiger partial charge in [-0.25, -0.2) is 0 Å². The van der Waals surface area contributed by atoms with Crippen LogP contribution in [0.4, 0.5) is 0 Å². The summed E-state index contributed by atoms with van der Waals surface area (Å²) in [5.74, 6) is 0. The van der Waals surface area contributed by atoms with Crippen LogP contribution in [0.3, 0.4) is 0 Å². The molecule has 0 aromatic carbocycles. The molecule has 1 aliphatic rings. The summed E-state index contributed by atoms with van der Waals surface area (Å²) in [5.41, 5.74) is 5.84. The molecule has 84 valence electrons. The lowest BCUT2D eigenvalue weighted by Crippen LogP contribution is -2.49. The molecule has 2 atom stereocenters. The second-order valence-electron chi connectivity index (χ2n) is 4.47. The van der Waals surface area contributed by atoms with Crippen LogP contribution in [0.25, 0.3) is 0 Å². The summed E-state index contributed by atoms with van der Waals surface area (Å²) in [6, 6.07) is 1.45. The maximum Gasteiger partial charge on any atom is 0.0221 e. The van der Waals surface area contributed by atoms with E-state index in [-0.39, 0.29) is 0 Å². The van der Waals surface area contributed by atoms with Gasteiger partial charge in [-0.1, -0.05) is 26.7 Å². The van der Waals surface area contributed by atoms with Crippen molar-refractivity contribution < 1.29 is 0 Å². The highest BCUT2D eigenvalue weighted by Crippen LogP contribution is 2.22. The molecule has 2 N–H and O–H groups in total. The zero-order valence-corrected chi connectivity index (χ0v) is 9.84. The smallest absolute Gasteiger partial charge is 0.0221 e. The van der Waals surface area contributed by atoms with E-state index in [1.165, 1.54) is 45.1 Å². The molecule has 0 radical (unpaired) electrons. The lowest BCUT2D eigenvalue weighted by atomic mass is 9.97. The summed E-state index contributed by atoms with van der Waals surface area (Å²) in [7, 11) is 0. The predicted molar refractivity (Wildman–Crippen MR) is 62.4 cm³/mol. The topological polar surface area (TPSA) is 29.3 Å². The normalized spacial score (nSPS) is 26.4. The summed E-state index contributed by atoms with van der Waals surface area (Å²) in [4.78, 5) is 2.67. The monoisotopic (exact) mass is 198 g/mol. The molecule has 0 spiro atoms. The second kappa shape index (κ2) is 6.41. The lowest BCUT2D eigenvalue weighted by Gasteiger charge is -2.40. The quantitative estimate of drug-likeness (QED) is 0.735. The number of nitrogens with zero attached hydrogens (tertiary/aromatic N) is 1. The molecule has 0 aliphatic carbocycles. The van der Waals surface area contributed by atoms with Gasteiger partial charge in [-0.2, -0.15) is 0 Å². The average Bonchev–Trinajstić information content (AvgIpc) is 2.26. The lowest BCUT2D eigenvalue weighted by molar-refractivity contribution is 0.0906. The van der Waals surface area contributed by atoms with E-state index in [4.69, 9.17) is 5.73 Å². The highest BCUT2D eigenvalue weighted by Gasteiger charge is 2.26. The van der Waals surface area contributed by atoms with Gasteiger partial charge in [0.05, 0.1) is 0 Å². The number of rotatable bonds is 5. The van der Waals surface area contributed by atoms with Crippen molar-refractivity contribution in [2.24, 2.45) is 5.73 Å². The second-order valence-corrected chi connectivity index (χ2v) is 4.47. The maximum atomic E-state index is 5.84. The highest BCUT2D eigenvalue weighted by molar-refractivity contribution is 4.82. The van der Waals surface area contributed by atoms with Crippen molar-refractivity contribution in [2.75, 3.05) is 13.1 Å². The molecule has 2 unspecified atom stereocenters. The van der Waals surface area contributed by atoms with Crippen molar-refractivity contribution in [3.05, 3.63) is 0 Å². The third kappa shape index (κ3) is 2.96. The molecule has 0 saturated carbocycles. The van der Waals surface area contributed by atoms with Crippen LogP contribution in [0, 0.1) is 0 Å². The van der Waals surface area contributed by atoms with Crippen molar-refractivity contribution in [1.82, 2.24) is 4.90 Å². The fraction of sp³-hybridized carbons (Fsp3) is 1.00. The number of hydrogen-bond donors (Lipinski definition) is 1. The Bertz CT molecular complexity index is 147. The molecule has 1 saturated heterocycles. The Morgan fingerprint density at radius 2 is 2.14 bits per heavy atom. The first-order valence-electron chi connectivity index (χ1n) is 6.29. The van der Waals surface area contributed by atoms with E-state index in [0.29, 0.717) is 6.04 Å². The van der Waals surface area contributed by atoms with Crippen LogP contribution in [0.15, 0.2) is 0 Å². The van der Waals surface area contributed by atoms with Gasteiger partial charge in [0.25, 0.3) is 0 Å². The van der Waals surface area contributed by atoms with Gasteiger partial charge >= 0.3 is 0 Å². The molecular formula is C12H26N2. The fourth-order valence-corrected chi connectivity index (χ4v) is 2.69. The molecule has 1 fully saturated rings. The van der Waals surface area contributed by atoms with Gasteiger partial charge in [-0.15, -0.1) is 0 Å². The van der Waals surface area contributed by atoms with Crippen molar-refractivity contribution >= 4 is 0 Å². The van der Waals surface area contributed by atoms with Gasteiger partial charge in [0.2, 0.25) is 0 Å². The van der Waals surface area contributed by atoms with E-state index in [1.54, 1.807) is 0 Å². The van der Waals surface area contributed by atoms with Gasteiger partial charge < -0.3 is 5.73 Å². The summed E-state index contributed by atoms with van der Waals surface area (Å²) >= 11 is 0. The first-order chi connectivity index (χ1) is 6.83. The molecule has 14 heavy (non-hydrogen) atoms. The summed E-state index contributed by atoms with van der Waals surface area (Å²) in [5, 5.41) is 0. The minimum atomic E-state index is 0.667. The first-order valence-corrected chi connectivity index (χ1v) is 6.29. The zero-order chi connectivity index (χ0) is 10.4. The van der Waals surface area contributed by atoms with E-state index < -0.39 is 0 Å². The predicted octanol–water partition coefficient (Wildman–Crippen LogP) is 2.38. The van der Waals surface area contributed by atoms with Crippen LogP contribution in [-0.2, 0) is 0 Å². The molecular weight excluding hydrogens is 172 g/mol. The van der Waals surface area contributed by atoms with Crippen LogP contribution in [0.2, 0.25) is 0 Å². The van der Waals surface area contributed by atoms with E-state index in [0.717, 1.165) is 12.6 Å². The molecule has 1 rings (SSSR count). The van der Waals surface area contributed by atoms with E-state index in [2.05, 4.69) is 18.7 Å². The third-order valence-corrected chi connectivity index (χ3v) is 3.51. The average molecular weight is 198 g/mol. The Morgan fingerprint density at radius 1 is 1.36 bits per heavy atom. The molecule has 2 nitrogen and oxygen atoms in total. The van der Waals surface area contributed by atoms with Crippen molar-refractivity contribution in [1.29, 1.82) is 0 Å². The number of hydrogen-bond acceptors (Lipinski definition) is 2. The van der Waals surface area contributed by atoms with E-state index in [9.17, 15) is 0 Å². The fourth-order valence-electron chi connectivity index (χ4n) is 2.69. The van der Waals surface area contributed by atoms with Gasteiger partial charge in [-0.05, 0) is 32.2 Å². The van der Waals surface area contributed by atoms with Gasteiger partial charge in [-0.3, -0.25) is 4.90 Å². The van der Waals surface area contributed by atoms with Crippen molar-refractivity contribution in [3.63, 3.8) is 0 Å². The highest BCUT2D eigenvalue weighted by atomic mass is 15.2. The van der Waals surface area contributed by atoms with Crippen LogP contribution >= 0.6 is 0 Å². The van der Waals surface area contributed by atoms with Gasteiger partial charge in [0.1, 0.15) is 0 Å². The summed E-state index contributed by atoms with van der Waals surface area (Å²) in [6.45, 7) is 6.72. The Labute approximate surface area is 88.8 Å². The Hall–Kier alpha value is -0.0800. The first kappa shape index (κ1) is 12.0. The molecule has 0 bridgehead atoms. The molecule has 2 heteroatoms. The van der Waals surface area contributed by atoms with E-state index in [1.807, 2.05) is 0 Å². The minimum Gasteiger partial charge on any atom is -0.329 e. The Balaban J connectivity index is 2.51. The third-order valence-electron chi connectivity index (χ3n) is 3.51. The molecule has 1 heterocycles. The maximum absolute atomic E-state index is 5.84. The largest absolute Gasteiger partial charge is 0.329 e. The van der Waals surface area contributed by atoms with Crippen LogP contribution < -0.4 is 5.73 Å². The molecule has 0 aromatic rings. The molecule has 0 amide bonds. The minimum absolute atomic E-state index is 0.667. The number of piperidine rings is 1. The van der Waals surface area contributed by atoms with Gasteiger partial charge in [0.15, 0.2) is 0 Å². The summed E-state index contributed by atoms with van der Waals surface area (Å²) in [6.07, 6.45) is 7.98. The van der Waals surface area contributed by atoms with Gasteiger partial charge in [0, 0.05) is 18.6 Å². The Morgan fingerprint density at radius 3 is 2.71 bits per heavy atom. The molecule has 1 aliphatic heterocycles. The Kier molecular flexibility index (Phi) is 5.49. The van der Waals surface area contributed by atoms with Crippen LogP contribution in [0.1, 0.15) is 52.4 Å². The van der Waals surface area contributed by atoms with Crippen molar-refractivity contribution in [2.45, 2.75) is 64.5 Å². The van der Waals surface area contributed by atoms with Crippen LogP contribution in [-0.4, -0.2) is 30.1 Å². The SMILES string of the molecule is CCCC(CC)N1CCCCC1CN. The zero-order valence-electron chi connectivity index (χ0n) is 9.84. The van der Waals surface area contributed by atoms with E-state index >= 15 is 0 Å². The summed E-state index contributed by atoms with van der Waals surface area (Å²) < 4.78 is 0. The standard InChI is InChI=1S/C12H26N2/c1-3-7-11(4-2)14-9-6-5-8-12(14)10-13/h11-12H,3-10,13H2,1-2H3. The molecule has 0 aromatic heterocycles. The number of likely N-dealkylation sites (tertiary alicyclic amines) is 1. The van der Waals surface area contributed by atoms with Crippen LogP contribution in [0.5, 0.6) is 0 Å². The van der Waals surface area contributed by atoms with Crippen molar-refractivity contribution in [3.8, 4) is 0 Å². The number of nitrogens with two attached hydrogens (primary N) is 1.